The highest BCUT2D eigenvalue weighted by Crippen LogP contribution is 2.36. The van der Waals surface area contributed by atoms with Crippen LogP contribution in [0.25, 0.3) is 11.1 Å². The van der Waals surface area contributed by atoms with E-state index in [9.17, 15) is 24.6 Å². The van der Waals surface area contributed by atoms with Gasteiger partial charge in [-0.15, -0.1) is 0 Å². The highest BCUT2D eigenvalue weighted by atomic mass is 16.5. The lowest BCUT2D eigenvalue weighted by Crippen LogP contribution is -2.24. The van der Waals surface area contributed by atoms with Crippen molar-refractivity contribution in [1.82, 2.24) is 4.98 Å². The van der Waals surface area contributed by atoms with Crippen LogP contribution in [0.2, 0.25) is 0 Å². The first-order valence-electron chi connectivity index (χ1n) is 7.15. The first kappa shape index (κ1) is 17.9. The predicted molar refractivity (Wildman–Crippen MR) is 88.6 cm³/mol. The third kappa shape index (κ3) is 3.25. The Kier molecular flexibility index (Phi) is 4.97. The van der Waals surface area contributed by atoms with E-state index in [2.05, 4.69) is 0 Å². The van der Waals surface area contributed by atoms with Crippen LogP contribution >= 0.6 is 0 Å². The molecular weight excluding hydrogens is 332 g/mol. The van der Waals surface area contributed by atoms with Crippen LogP contribution in [0, 0.1) is 0 Å². The number of carbonyl (C=O) groups is 2. The molecule has 0 amide bonds. The third-order valence-corrected chi connectivity index (χ3v) is 3.42. The zero-order valence-corrected chi connectivity index (χ0v) is 13.5. The number of nitrogens with one attached hydrogen (secondary N) is 1. The van der Waals surface area contributed by atoms with E-state index >= 15 is 0 Å². The lowest BCUT2D eigenvalue weighted by Gasteiger charge is -2.15. The molecule has 2 rings (SSSR count). The normalized spacial score (nSPS) is 10.3. The molecular formula is C16H16N2O7. The number of aromatic amines is 1. The molecule has 5 N–H and O–H groups in total. The summed E-state index contributed by atoms with van der Waals surface area (Å²) in [6.45, 7) is 2.14. The number of hydrogen-bond acceptors (Lipinski definition) is 6. The minimum Gasteiger partial charge on any atom is -0.493 e. The van der Waals surface area contributed by atoms with E-state index in [0.29, 0.717) is 12.4 Å². The first-order chi connectivity index (χ1) is 11.8. The molecule has 1 heterocycles. The van der Waals surface area contributed by atoms with Crippen molar-refractivity contribution in [3.63, 3.8) is 0 Å². The Balaban J connectivity index is 2.88. The SMILES string of the molecule is CCOc1ccc(-c2c(C(=O)O)c(N)[nH]c(=O)c2C(=O)O)cc1OC. The lowest BCUT2D eigenvalue weighted by atomic mass is 9.95. The average Bonchev–Trinajstić information content (AvgIpc) is 2.53. The molecule has 1 aromatic carbocycles. The van der Waals surface area contributed by atoms with Gasteiger partial charge in [0.05, 0.1) is 13.7 Å². The quantitative estimate of drug-likeness (QED) is 0.611. The fourth-order valence-electron chi connectivity index (χ4n) is 2.43. The van der Waals surface area contributed by atoms with Gasteiger partial charge in [0.2, 0.25) is 0 Å². The zero-order chi connectivity index (χ0) is 18.7. The summed E-state index contributed by atoms with van der Waals surface area (Å²) >= 11 is 0. The van der Waals surface area contributed by atoms with Crippen LogP contribution in [0.5, 0.6) is 11.5 Å². The molecule has 0 aliphatic carbocycles. The van der Waals surface area contributed by atoms with Crippen LogP contribution < -0.4 is 20.8 Å². The minimum atomic E-state index is -1.58. The summed E-state index contributed by atoms with van der Waals surface area (Å²) in [6, 6.07) is 4.31. The summed E-state index contributed by atoms with van der Waals surface area (Å²) in [6.07, 6.45) is 0. The van der Waals surface area contributed by atoms with E-state index in [-0.39, 0.29) is 16.9 Å². The van der Waals surface area contributed by atoms with E-state index in [4.69, 9.17) is 15.2 Å². The fourth-order valence-corrected chi connectivity index (χ4v) is 2.43. The van der Waals surface area contributed by atoms with Crippen LogP contribution in [0.4, 0.5) is 5.82 Å². The molecule has 0 aliphatic heterocycles. The van der Waals surface area contributed by atoms with Crippen LogP contribution in [-0.4, -0.2) is 40.9 Å². The molecule has 2 aromatic rings. The number of anilines is 1. The van der Waals surface area contributed by atoms with Gasteiger partial charge in [-0.3, -0.25) is 4.79 Å². The van der Waals surface area contributed by atoms with Crippen LogP contribution in [0.15, 0.2) is 23.0 Å². The second-order valence-electron chi connectivity index (χ2n) is 4.90. The van der Waals surface area contributed by atoms with Crippen molar-refractivity contribution in [2.75, 3.05) is 19.5 Å². The van der Waals surface area contributed by atoms with E-state index in [0.717, 1.165) is 0 Å². The number of H-pyrrole nitrogens is 1. The number of methoxy groups -OCH3 is 1. The van der Waals surface area contributed by atoms with Gasteiger partial charge in [-0.2, -0.15) is 0 Å². The number of pyridine rings is 1. The summed E-state index contributed by atoms with van der Waals surface area (Å²) in [5.41, 5.74) is 3.20. The Morgan fingerprint density at radius 1 is 1.16 bits per heavy atom. The van der Waals surface area contributed by atoms with E-state index < -0.39 is 34.4 Å². The minimum absolute atomic E-state index is 0.146. The number of aromatic carboxylic acids is 2. The molecule has 0 atom stereocenters. The maximum Gasteiger partial charge on any atom is 0.342 e. The number of ether oxygens (including phenoxy) is 2. The van der Waals surface area contributed by atoms with Crippen molar-refractivity contribution in [3.05, 3.63) is 39.7 Å². The van der Waals surface area contributed by atoms with Gasteiger partial charge >= 0.3 is 11.9 Å². The smallest absolute Gasteiger partial charge is 0.342 e. The highest BCUT2D eigenvalue weighted by molar-refractivity contribution is 6.07. The summed E-state index contributed by atoms with van der Waals surface area (Å²) in [4.78, 5) is 37.1. The Morgan fingerprint density at radius 2 is 1.80 bits per heavy atom. The molecule has 0 spiro atoms. The largest absolute Gasteiger partial charge is 0.493 e. The van der Waals surface area contributed by atoms with Crippen molar-refractivity contribution in [2.45, 2.75) is 6.92 Å². The molecule has 9 heteroatoms. The number of nitrogen functional groups attached to an aromatic ring is 1. The fraction of sp³-hybridized carbons (Fsp3) is 0.188. The first-order valence-corrected chi connectivity index (χ1v) is 7.15. The number of carboxylic acid groups (broad SMARTS) is 2. The summed E-state index contributed by atoms with van der Waals surface area (Å²) in [5.74, 6) is -2.85. The summed E-state index contributed by atoms with van der Waals surface area (Å²) in [7, 11) is 1.38. The number of hydrogen-bond donors (Lipinski definition) is 4. The Labute approximate surface area is 141 Å². The van der Waals surface area contributed by atoms with Crippen LogP contribution in [0.1, 0.15) is 27.6 Å². The summed E-state index contributed by atoms with van der Waals surface area (Å²) < 4.78 is 10.6. The van der Waals surface area contributed by atoms with Gasteiger partial charge in [0.15, 0.2) is 11.5 Å². The topological polar surface area (TPSA) is 152 Å². The van der Waals surface area contributed by atoms with Gasteiger partial charge < -0.3 is 30.4 Å². The van der Waals surface area contributed by atoms with Gasteiger partial charge in [0, 0.05) is 5.56 Å². The van der Waals surface area contributed by atoms with Crippen LogP contribution in [0.3, 0.4) is 0 Å². The molecule has 0 saturated heterocycles. The van der Waals surface area contributed by atoms with E-state index in [1.54, 1.807) is 6.92 Å². The number of aromatic nitrogens is 1. The standard InChI is InChI=1S/C16H16N2O7/c1-3-25-8-5-4-7(6-9(8)24-2)10-11(15(20)21)13(17)18-14(19)12(10)16(22)23/h4-6H,3H2,1-2H3,(H,20,21)(H,22,23)(H3,17,18,19). The highest BCUT2D eigenvalue weighted by Gasteiger charge is 2.27. The monoisotopic (exact) mass is 348 g/mol. The maximum absolute atomic E-state index is 12.0. The maximum atomic E-state index is 12.0. The van der Waals surface area contributed by atoms with E-state index in [1.165, 1.54) is 25.3 Å². The van der Waals surface area contributed by atoms with Gasteiger partial charge in [-0.1, -0.05) is 6.07 Å². The number of carboxylic acids is 2. The lowest BCUT2D eigenvalue weighted by molar-refractivity contribution is 0.0695. The second-order valence-corrected chi connectivity index (χ2v) is 4.90. The summed E-state index contributed by atoms with van der Waals surface area (Å²) in [5, 5.41) is 18.8. The van der Waals surface area contributed by atoms with Crippen LogP contribution in [-0.2, 0) is 0 Å². The van der Waals surface area contributed by atoms with Crippen molar-refractivity contribution in [2.24, 2.45) is 0 Å². The predicted octanol–water partition coefficient (Wildman–Crippen LogP) is 1.43. The van der Waals surface area contributed by atoms with Crippen molar-refractivity contribution < 1.29 is 29.3 Å². The molecule has 0 unspecified atom stereocenters. The van der Waals surface area contributed by atoms with E-state index in [1.807, 2.05) is 4.98 Å². The van der Waals surface area contributed by atoms with Gasteiger partial charge in [0.25, 0.3) is 5.56 Å². The average molecular weight is 348 g/mol. The number of nitrogens with two attached hydrogens (primary N) is 1. The zero-order valence-electron chi connectivity index (χ0n) is 13.5. The molecule has 25 heavy (non-hydrogen) atoms. The third-order valence-electron chi connectivity index (χ3n) is 3.42. The molecule has 9 nitrogen and oxygen atoms in total. The van der Waals surface area contributed by atoms with Gasteiger partial charge in [-0.25, -0.2) is 9.59 Å². The Morgan fingerprint density at radius 3 is 2.32 bits per heavy atom. The van der Waals surface area contributed by atoms with Crippen molar-refractivity contribution in [1.29, 1.82) is 0 Å². The Bertz CT molecular complexity index is 902. The molecule has 0 saturated carbocycles. The molecule has 132 valence electrons. The second kappa shape index (κ2) is 6.95. The van der Waals surface area contributed by atoms with Crippen molar-refractivity contribution in [3.8, 4) is 22.6 Å². The number of rotatable bonds is 6. The molecule has 1 aromatic heterocycles. The van der Waals surface area contributed by atoms with Gasteiger partial charge in [0.1, 0.15) is 16.9 Å². The van der Waals surface area contributed by atoms with Crippen molar-refractivity contribution >= 4 is 17.8 Å². The Hall–Kier alpha value is -3.49. The molecule has 0 fully saturated rings. The number of benzene rings is 1. The molecule has 0 aliphatic rings. The molecule has 0 radical (unpaired) electrons. The van der Waals surface area contributed by atoms with Gasteiger partial charge in [-0.05, 0) is 24.6 Å². The molecule has 0 bridgehead atoms.